The van der Waals surface area contributed by atoms with Gasteiger partial charge in [-0.05, 0) is 26.2 Å². The zero-order valence-corrected chi connectivity index (χ0v) is 13.2. The smallest absolute Gasteiger partial charge is 0.242 e. The molecule has 3 atom stereocenters. The Hall–Kier alpha value is -1.14. The highest BCUT2D eigenvalue weighted by Gasteiger charge is 2.63. The van der Waals surface area contributed by atoms with Crippen LogP contribution in [-0.4, -0.2) is 42.7 Å². The lowest BCUT2D eigenvalue weighted by molar-refractivity contribution is -0.171. The summed E-state index contributed by atoms with van der Waals surface area (Å²) in [6.45, 7) is 7.11. The van der Waals surface area contributed by atoms with Crippen LogP contribution in [0.15, 0.2) is 0 Å². The van der Waals surface area contributed by atoms with Crippen LogP contribution in [0.25, 0.3) is 0 Å². The minimum absolute atomic E-state index is 0.0128. The third-order valence-corrected chi connectivity index (χ3v) is 5.08. The van der Waals surface area contributed by atoms with Crippen molar-refractivity contribution in [3.63, 3.8) is 0 Å². The maximum atomic E-state index is 12.6. The molecular weight excluding hydrogens is 270 g/mol. The fourth-order valence-electron chi connectivity index (χ4n) is 3.18. The molecule has 120 valence electrons. The first-order valence-corrected chi connectivity index (χ1v) is 7.82. The molecular formula is C15H27N3O3. The standard InChI is InChI=1S/C15H27N3O3/c1-4-21-11-9-15(16,14(11,2)3)13(20)18-10-7-5-6-8-17-12(10)19/h10-11H,4-9,16H2,1-3H3,(H,17,19)(H,18,20). The van der Waals surface area contributed by atoms with E-state index in [1.807, 2.05) is 20.8 Å². The van der Waals surface area contributed by atoms with Gasteiger partial charge < -0.3 is 21.1 Å². The van der Waals surface area contributed by atoms with Gasteiger partial charge in [-0.25, -0.2) is 0 Å². The van der Waals surface area contributed by atoms with Crippen LogP contribution in [0.4, 0.5) is 0 Å². The molecule has 1 saturated heterocycles. The molecule has 1 aliphatic carbocycles. The molecule has 1 heterocycles. The molecule has 3 unspecified atom stereocenters. The Morgan fingerprint density at radius 3 is 2.81 bits per heavy atom. The minimum atomic E-state index is -0.973. The fourth-order valence-corrected chi connectivity index (χ4v) is 3.18. The predicted octanol–water partition coefficient (Wildman–Crippen LogP) is 0.304. The van der Waals surface area contributed by atoms with Crippen LogP contribution >= 0.6 is 0 Å². The first-order valence-electron chi connectivity index (χ1n) is 7.82. The lowest BCUT2D eigenvalue weighted by atomic mass is 9.54. The molecule has 2 amide bonds. The van der Waals surface area contributed by atoms with Crippen molar-refractivity contribution in [3.8, 4) is 0 Å². The van der Waals surface area contributed by atoms with E-state index in [0.29, 0.717) is 26.0 Å². The number of carbonyl (C=O) groups excluding carboxylic acids is 2. The van der Waals surface area contributed by atoms with Crippen molar-refractivity contribution in [3.05, 3.63) is 0 Å². The Morgan fingerprint density at radius 2 is 2.19 bits per heavy atom. The van der Waals surface area contributed by atoms with Gasteiger partial charge in [0.05, 0.1) is 6.10 Å². The van der Waals surface area contributed by atoms with Gasteiger partial charge in [0.2, 0.25) is 11.8 Å². The van der Waals surface area contributed by atoms with Gasteiger partial charge in [-0.2, -0.15) is 0 Å². The highest BCUT2D eigenvalue weighted by atomic mass is 16.5. The van der Waals surface area contributed by atoms with E-state index in [1.165, 1.54) is 0 Å². The van der Waals surface area contributed by atoms with E-state index in [2.05, 4.69) is 10.6 Å². The van der Waals surface area contributed by atoms with Crippen LogP contribution in [0.5, 0.6) is 0 Å². The first-order chi connectivity index (χ1) is 9.83. The molecule has 4 N–H and O–H groups in total. The summed E-state index contributed by atoms with van der Waals surface area (Å²) in [5.41, 5.74) is 4.91. The molecule has 0 aromatic carbocycles. The number of amides is 2. The van der Waals surface area contributed by atoms with Gasteiger partial charge in [0.15, 0.2) is 0 Å². The molecule has 0 bridgehead atoms. The van der Waals surface area contributed by atoms with Crippen LogP contribution < -0.4 is 16.4 Å². The SMILES string of the molecule is CCOC1CC(N)(C(=O)NC2CCCCNC2=O)C1(C)C. The van der Waals surface area contributed by atoms with E-state index in [0.717, 1.165) is 12.8 Å². The topological polar surface area (TPSA) is 93.4 Å². The molecule has 6 heteroatoms. The van der Waals surface area contributed by atoms with E-state index in [1.54, 1.807) is 0 Å². The summed E-state index contributed by atoms with van der Waals surface area (Å²) in [6.07, 6.45) is 3.02. The third-order valence-electron chi connectivity index (χ3n) is 5.08. The van der Waals surface area contributed by atoms with Crippen LogP contribution in [0, 0.1) is 5.41 Å². The Kier molecular flexibility index (Phi) is 4.58. The first kappa shape index (κ1) is 16.2. The molecule has 2 aliphatic rings. The molecule has 0 aromatic rings. The Balaban J connectivity index is 2.01. The average molecular weight is 297 g/mol. The summed E-state index contributed by atoms with van der Waals surface area (Å²) in [5, 5.41) is 5.66. The van der Waals surface area contributed by atoms with Gasteiger partial charge in [-0.3, -0.25) is 9.59 Å². The third kappa shape index (κ3) is 2.79. The summed E-state index contributed by atoms with van der Waals surface area (Å²) in [6, 6.07) is -0.470. The van der Waals surface area contributed by atoms with E-state index in [-0.39, 0.29) is 17.9 Å². The van der Waals surface area contributed by atoms with Gasteiger partial charge in [0.1, 0.15) is 11.6 Å². The van der Waals surface area contributed by atoms with Crippen molar-refractivity contribution in [2.45, 2.75) is 64.1 Å². The van der Waals surface area contributed by atoms with Crippen molar-refractivity contribution in [2.24, 2.45) is 11.1 Å². The lowest BCUT2D eigenvalue weighted by Gasteiger charge is -2.57. The van der Waals surface area contributed by atoms with Crippen molar-refractivity contribution in [1.29, 1.82) is 0 Å². The number of nitrogens with two attached hydrogens (primary N) is 1. The van der Waals surface area contributed by atoms with Crippen LogP contribution in [-0.2, 0) is 14.3 Å². The highest BCUT2D eigenvalue weighted by Crippen LogP contribution is 2.49. The fraction of sp³-hybridized carbons (Fsp3) is 0.867. The van der Waals surface area contributed by atoms with E-state index >= 15 is 0 Å². The summed E-state index contributed by atoms with van der Waals surface area (Å²) in [5.74, 6) is -0.353. The molecule has 0 radical (unpaired) electrons. The second kappa shape index (κ2) is 5.93. The van der Waals surface area contributed by atoms with Crippen LogP contribution in [0.2, 0.25) is 0 Å². The minimum Gasteiger partial charge on any atom is -0.378 e. The van der Waals surface area contributed by atoms with E-state index < -0.39 is 17.0 Å². The van der Waals surface area contributed by atoms with Gasteiger partial charge in [0, 0.05) is 25.0 Å². The largest absolute Gasteiger partial charge is 0.378 e. The second-order valence-corrected chi connectivity index (χ2v) is 6.65. The van der Waals surface area contributed by atoms with Crippen LogP contribution in [0.1, 0.15) is 46.5 Å². The summed E-state index contributed by atoms with van der Waals surface area (Å²) in [4.78, 5) is 24.5. The molecule has 0 aromatic heterocycles. The molecule has 1 aliphatic heterocycles. The number of nitrogens with one attached hydrogen (secondary N) is 2. The number of hydrogen-bond donors (Lipinski definition) is 3. The normalized spacial score (nSPS) is 35.3. The number of hydrogen-bond acceptors (Lipinski definition) is 4. The van der Waals surface area contributed by atoms with Crippen molar-refractivity contribution in [1.82, 2.24) is 10.6 Å². The molecule has 6 nitrogen and oxygen atoms in total. The molecule has 0 spiro atoms. The van der Waals surface area contributed by atoms with Gasteiger partial charge in [0.25, 0.3) is 0 Å². The summed E-state index contributed by atoms with van der Waals surface area (Å²) < 4.78 is 5.63. The molecule has 2 fully saturated rings. The second-order valence-electron chi connectivity index (χ2n) is 6.65. The molecule has 1 saturated carbocycles. The van der Waals surface area contributed by atoms with Gasteiger partial charge in [-0.1, -0.05) is 13.8 Å². The predicted molar refractivity (Wildman–Crippen MR) is 79.5 cm³/mol. The zero-order valence-electron chi connectivity index (χ0n) is 13.2. The quantitative estimate of drug-likeness (QED) is 0.696. The zero-order chi connectivity index (χ0) is 15.7. The van der Waals surface area contributed by atoms with Crippen molar-refractivity contribution in [2.75, 3.05) is 13.2 Å². The Morgan fingerprint density at radius 1 is 1.48 bits per heavy atom. The maximum absolute atomic E-state index is 12.6. The highest BCUT2D eigenvalue weighted by molar-refractivity contribution is 5.93. The summed E-state index contributed by atoms with van der Waals surface area (Å²) in [7, 11) is 0. The van der Waals surface area contributed by atoms with Gasteiger partial charge >= 0.3 is 0 Å². The van der Waals surface area contributed by atoms with Crippen molar-refractivity contribution < 1.29 is 14.3 Å². The number of carbonyl (C=O) groups is 2. The molecule has 2 rings (SSSR count). The van der Waals surface area contributed by atoms with Gasteiger partial charge in [-0.15, -0.1) is 0 Å². The van der Waals surface area contributed by atoms with E-state index in [4.69, 9.17) is 10.5 Å². The Bertz CT molecular complexity index is 424. The monoisotopic (exact) mass is 297 g/mol. The number of ether oxygens (including phenoxy) is 1. The van der Waals surface area contributed by atoms with E-state index in [9.17, 15) is 9.59 Å². The average Bonchev–Trinajstić information content (AvgIpc) is 2.63. The summed E-state index contributed by atoms with van der Waals surface area (Å²) >= 11 is 0. The van der Waals surface area contributed by atoms with Crippen molar-refractivity contribution >= 4 is 11.8 Å². The molecule has 21 heavy (non-hydrogen) atoms. The number of rotatable bonds is 4. The van der Waals surface area contributed by atoms with Crippen LogP contribution in [0.3, 0.4) is 0 Å². The lowest BCUT2D eigenvalue weighted by Crippen LogP contribution is -2.76. The maximum Gasteiger partial charge on any atom is 0.242 e. The Labute approximate surface area is 126 Å².